The summed E-state index contributed by atoms with van der Waals surface area (Å²) in [7, 11) is 0. The largest absolute Gasteiger partial charge is 0.326 e. The van der Waals surface area contributed by atoms with Crippen molar-refractivity contribution >= 4 is 11.6 Å². The molecule has 0 saturated carbocycles. The number of para-hydroxylation sites is 1. The van der Waals surface area contributed by atoms with E-state index in [2.05, 4.69) is 44.4 Å². The first-order valence-electron chi connectivity index (χ1n) is 7.52. The molecule has 0 aliphatic rings. The monoisotopic (exact) mass is 276 g/mol. The van der Waals surface area contributed by atoms with Crippen molar-refractivity contribution in [2.45, 2.75) is 47.0 Å². The molecule has 0 aliphatic carbocycles. The molecule has 0 aromatic heterocycles. The molecule has 0 spiro atoms. The topological polar surface area (TPSA) is 41.1 Å². The van der Waals surface area contributed by atoms with E-state index in [1.165, 1.54) is 5.56 Å². The lowest BCUT2D eigenvalue weighted by molar-refractivity contribution is -0.116. The zero-order valence-electron chi connectivity index (χ0n) is 13.4. The first-order valence-corrected chi connectivity index (χ1v) is 7.52. The SMILES string of the molecule is Cc1cccc(C(C)C)c1NC(=O)CCNCC(C)C. The minimum atomic E-state index is 0.0810. The van der Waals surface area contributed by atoms with Crippen LogP contribution in [-0.2, 0) is 4.79 Å². The third-order valence-electron chi connectivity index (χ3n) is 3.27. The second-order valence-corrected chi connectivity index (χ2v) is 6.09. The van der Waals surface area contributed by atoms with Gasteiger partial charge in [-0.15, -0.1) is 0 Å². The van der Waals surface area contributed by atoms with E-state index in [0.29, 0.717) is 18.3 Å². The van der Waals surface area contributed by atoms with Crippen LogP contribution in [-0.4, -0.2) is 19.0 Å². The lowest BCUT2D eigenvalue weighted by Gasteiger charge is -2.16. The molecular weight excluding hydrogens is 248 g/mol. The van der Waals surface area contributed by atoms with Crippen molar-refractivity contribution in [3.05, 3.63) is 29.3 Å². The van der Waals surface area contributed by atoms with Crippen LogP contribution in [0.25, 0.3) is 0 Å². The van der Waals surface area contributed by atoms with Gasteiger partial charge >= 0.3 is 0 Å². The van der Waals surface area contributed by atoms with Crippen LogP contribution in [0.5, 0.6) is 0 Å². The second kappa shape index (κ2) is 8.05. The minimum absolute atomic E-state index is 0.0810. The van der Waals surface area contributed by atoms with Crippen molar-refractivity contribution in [3.8, 4) is 0 Å². The molecule has 1 aromatic rings. The van der Waals surface area contributed by atoms with Crippen LogP contribution in [0.15, 0.2) is 18.2 Å². The lowest BCUT2D eigenvalue weighted by atomic mass is 9.98. The number of amides is 1. The van der Waals surface area contributed by atoms with Crippen LogP contribution in [0, 0.1) is 12.8 Å². The van der Waals surface area contributed by atoms with Gasteiger partial charge in [0.15, 0.2) is 0 Å². The van der Waals surface area contributed by atoms with Gasteiger partial charge in [0, 0.05) is 18.7 Å². The maximum atomic E-state index is 12.0. The zero-order valence-corrected chi connectivity index (χ0v) is 13.4. The number of rotatable bonds is 7. The van der Waals surface area contributed by atoms with E-state index in [-0.39, 0.29) is 5.91 Å². The van der Waals surface area contributed by atoms with Gasteiger partial charge in [-0.2, -0.15) is 0 Å². The Hall–Kier alpha value is -1.35. The Morgan fingerprint density at radius 2 is 1.90 bits per heavy atom. The Morgan fingerprint density at radius 3 is 2.50 bits per heavy atom. The summed E-state index contributed by atoms with van der Waals surface area (Å²) in [5.74, 6) is 1.10. The van der Waals surface area contributed by atoms with Crippen LogP contribution < -0.4 is 10.6 Å². The Labute approximate surface area is 123 Å². The minimum Gasteiger partial charge on any atom is -0.326 e. The molecule has 1 rings (SSSR count). The van der Waals surface area contributed by atoms with Crippen LogP contribution in [0.2, 0.25) is 0 Å². The molecule has 0 heterocycles. The summed E-state index contributed by atoms with van der Waals surface area (Å²) in [4.78, 5) is 12.0. The molecule has 0 aliphatic heterocycles. The predicted octanol–water partition coefficient (Wildman–Crippen LogP) is 3.69. The van der Waals surface area contributed by atoms with E-state index in [1.807, 2.05) is 19.1 Å². The maximum absolute atomic E-state index is 12.0. The van der Waals surface area contributed by atoms with Gasteiger partial charge < -0.3 is 10.6 Å². The average Bonchev–Trinajstić information content (AvgIpc) is 2.36. The number of aryl methyl sites for hydroxylation is 1. The predicted molar refractivity (Wildman–Crippen MR) is 86.2 cm³/mol. The third-order valence-corrected chi connectivity index (χ3v) is 3.27. The number of nitrogens with one attached hydrogen (secondary N) is 2. The van der Waals surface area contributed by atoms with Gasteiger partial charge in [-0.1, -0.05) is 45.9 Å². The Kier molecular flexibility index (Phi) is 6.73. The standard InChI is InChI=1S/C17H28N2O/c1-12(2)11-18-10-9-16(20)19-17-14(5)7-6-8-15(17)13(3)4/h6-8,12-13,18H,9-11H2,1-5H3,(H,19,20). The van der Waals surface area contributed by atoms with Crippen molar-refractivity contribution in [1.82, 2.24) is 5.32 Å². The summed E-state index contributed by atoms with van der Waals surface area (Å²) in [6, 6.07) is 6.17. The quantitative estimate of drug-likeness (QED) is 0.746. The number of carbonyl (C=O) groups is 1. The normalized spacial score (nSPS) is 11.2. The highest BCUT2D eigenvalue weighted by molar-refractivity contribution is 5.92. The number of hydrogen-bond donors (Lipinski definition) is 2. The molecule has 112 valence electrons. The Morgan fingerprint density at radius 1 is 1.20 bits per heavy atom. The van der Waals surface area contributed by atoms with E-state index in [4.69, 9.17) is 0 Å². The highest BCUT2D eigenvalue weighted by atomic mass is 16.1. The van der Waals surface area contributed by atoms with Gasteiger partial charge in [0.2, 0.25) is 5.91 Å². The first-order chi connectivity index (χ1) is 9.41. The number of benzene rings is 1. The molecule has 0 bridgehead atoms. The zero-order chi connectivity index (χ0) is 15.1. The van der Waals surface area contributed by atoms with Crippen LogP contribution >= 0.6 is 0 Å². The molecule has 3 nitrogen and oxygen atoms in total. The van der Waals surface area contributed by atoms with Crippen LogP contribution in [0.3, 0.4) is 0 Å². The maximum Gasteiger partial charge on any atom is 0.225 e. The molecule has 3 heteroatoms. The highest BCUT2D eigenvalue weighted by Gasteiger charge is 2.11. The van der Waals surface area contributed by atoms with Crippen LogP contribution in [0.4, 0.5) is 5.69 Å². The van der Waals surface area contributed by atoms with Crippen molar-refractivity contribution in [2.75, 3.05) is 18.4 Å². The van der Waals surface area contributed by atoms with E-state index in [0.717, 1.165) is 24.3 Å². The van der Waals surface area contributed by atoms with Crippen molar-refractivity contribution in [2.24, 2.45) is 5.92 Å². The Balaban J connectivity index is 2.57. The smallest absolute Gasteiger partial charge is 0.225 e. The number of anilines is 1. The molecule has 0 unspecified atom stereocenters. The van der Waals surface area contributed by atoms with Gasteiger partial charge in [-0.25, -0.2) is 0 Å². The van der Waals surface area contributed by atoms with Gasteiger partial charge in [-0.3, -0.25) is 4.79 Å². The molecule has 0 fully saturated rings. The van der Waals surface area contributed by atoms with Crippen molar-refractivity contribution < 1.29 is 4.79 Å². The lowest BCUT2D eigenvalue weighted by Crippen LogP contribution is -2.25. The Bertz CT molecular complexity index is 439. The summed E-state index contributed by atoms with van der Waals surface area (Å²) in [5, 5.41) is 6.36. The molecule has 1 amide bonds. The van der Waals surface area contributed by atoms with Crippen LogP contribution in [0.1, 0.15) is 51.2 Å². The molecule has 20 heavy (non-hydrogen) atoms. The molecule has 1 aromatic carbocycles. The fourth-order valence-electron chi connectivity index (χ4n) is 2.14. The molecule has 0 saturated heterocycles. The molecular formula is C17H28N2O. The fraction of sp³-hybridized carbons (Fsp3) is 0.588. The van der Waals surface area contributed by atoms with Gasteiger partial charge in [0.05, 0.1) is 0 Å². The van der Waals surface area contributed by atoms with Crippen molar-refractivity contribution in [1.29, 1.82) is 0 Å². The average molecular weight is 276 g/mol. The van der Waals surface area contributed by atoms with Gasteiger partial charge in [0.1, 0.15) is 0 Å². The molecule has 0 atom stereocenters. The van der Waals surface area contributed by atoms with E-state index < -0.39 is 0 Å². The second-order valence-electron chi connectivity index (χ2n) is 6.09. The van der Waals surface area contributed by atoms with Gasteiger partial charge in [-0.05, 0) is 36.4 Å². The van der Waals surface area contributed by atoms with E-state index in [1.54, 1.807) is 0 Å². The summed E-state index contributed by atoms with van der Waals surface area (Å²) < 4.78 is 0. The van der Waals surface area contributed by atoms with E-state index in [9.17, 15) is 4.79 Å². The number of hydrogen-bond acceptors (Lipinski definition) is 2. The third kappa shape index (κ3) is 5.33. The highest BCUT2D eigenvalue weighted by Crippen LogP contribution is 2.27. The number of carbonyl (C=O) groups excluding carboxylic acids is 1. The van der Waals surface area contributed by atoms with E-state index >= 15 is 0 Å². The van der Waals surface area contributed by atoms with Crippen molar-refractivity contribution in [3.63, 3.8) is 0 Å². The fourth-order valence-corrected chi connectivity index (χ4v) is 2.14. The van der Waals surface area contributed by atoms with Gasteiger partial charge in [0.25, 0.3) is 0 Å². The molecule has 0 radical (unpaired) electrons. The summed E-state index contributed by atoms with van der Waals surface area (Å²) in [6.07, 6.45) is 0.512. The summed E-state index contributed by atoms with van der Waals surface area (Å²) in [6.45, 7) is 12.3. The summed E-state index contributed by atoms with van der Waals surface area (Å²) in [5.41, 5.74) is 3.31. The molecule has 2 N–H and O–H groups in total. The first kappa shape index (κ1) is 16.7. The summed E-state index contributed by atoms with van der Waals surface area (Å²) >= 11 is 0.